The van der Waals surface area contributed by atoms with E-state index in [-0.39, 0.29) is 5.92 Å². The summed E-state index contributed by atoms with van der Waals surface area (Å²) in [6.45, 7) is 5.15. The number of unbranched alkanes of at least 4 members (excludes halogenated alkanes) is 1. The van der Waals surface area contributed by atoms with Gasteiger partial charge in [-0.3, -0.25) is 4.79 Å². The lowest BCUT2D eigenvalue weighted by Gasteiger charge is -2.20. The molecule has 76 valence electrons. The van der Waals surface area contributed by atoms with E-state index in [0.717, 1.165) is 19.4 Å². The second kappa shape index (κ2) is 4.64. The first-order chi connectivity index (χ1) is 6.16. The number of carbonyl (C=O) groups is 1. The maximum absolute atomic E-state index is 11.8. The first-order valence-electron chi connectivity index (χ1n) is 5.41. The van der Waals surface area contributed by atoms with Crippen LogP contribution in [0.4, 0.5) is 0 Å². The summed E-state index contributed by atoms with van der Waals surface area (Å²) in [7, 11) is 1.93. The highest BCUT2D eigenvalue weighted by atomic mass is 16.2. The molecule has 0 aromatic heterocycles. The van der Waals surface area contributed by atoms with Crippen molar-refractivity contribution in [1.82, 2.24) is 4.90 Å². The third-order valence-electron chi connectivity index (χ3n) is 2.94. The molecule has 2 heteroatoms. The van der Waals surface area contributed by atoms with Crippen molar-refractivity contribution in [1.29, 1.82) is 0 Å². The fourth-order valence-electron chi connectivity index (χ4n) is 1.65. The van der Waals surface area contributed by atoms with E-state index in [1.54, 1.807) is 0 Å². The van der Waals surface area contributed by atoms with Gasteiger partial charge in [0.15, 0.2) is 0 Å². The molecule has 0 heterocycles. The first kappa shape index (κ1) is 10.6. The first-order valence-corrected chi connectivity index (χ1v) is 5.41. The van der Waals surface area contributed by atoms with E-state index >= 15 is 0 Å². The molecule has 1 atom stereocenters. The molecule has 13 heavy (non-hydrogen) atoms. The molecule has 1 unspecified atom stereocenters. The van der Waals surface area contributed by atoms with Crippen molar-refractivity contribution < 1.29 is 4.79 Å². The van der Waals surface area contributed by atoms with Gasteiger partial charge in [-0.2, -0.15) is 0 Å². The van der Waals surface area contributed by atoms with Crippen LogP contribution in [-0.4, -0.2) is 24.4 Å². The summed E-state index contributed by atoms with van der Waals surface area (Å²) >= 11 is 0. The highest BCUT2D eigenvalue weighted by Crippen LogP contribution is 2.37. The molecule has 2 nitrogen and oxygen atoms in total. The summed E-state index contributed by atoms with van der Waals surface area (Å²) in [5.74, 6) is 1.30. The zero-order chi connectivity index (χ0) is 9.84. The minimum absolute atomic E-state index is 0.266. The minimum Gasteiger partial charge on any atom is -0.346 e. The number of amides is 1. The normalized spacial score (nSPS) is 18.4. The molecule has 0 aromatic rings. The Morgan fingerprint density at radius 2 is 2.15 bits per heavy atom. The molecule has 1 aliphatic carbocycles. The van der Waals surface area contributed by atoms with Gasteiger partial charge in [-0.05, 0) is 25.2 Å². The summed E-state index contributed by atoms with van der Waals surface area (Å²) in [6.07, 6.45) is 4.80. The van der Waals surface area contributed by atoms with Crippen LogP contribution in [0.2, 0.25) is 0 Å². The lowest BCUT2D eigenvalue weighted by Crippen LogP contribution is -2.33. The smallest absolute Gasteiger partial charge is 0.225 e. The van der Waals surface area contributed by atoms with Crippen LogP contribution in [0.25, 0.3) is 0 Å². The second-order valence-electron chi connectivity index (χ2n) is 4.24. The van der Waals surface area contributed by atoms with E-state index in [9.17, 15) is 4.79 Å². The van der Waals surface area contributed by atoms with Crippen LogP contribution in [0.1, 0.15) is 39.5 Å². The van der Waals surface area contributed by atoms with E-state index in [1.165, 1.54) is 12.8 Å². The maximum Gasteiger partial charge on any atom is 0.225 e. The van der Waals surface area contributed by atoms with Crippen molar-refractivity contribution in [3.8, 4) is 0 Å². The molecule has 0 aromatic carbocycles. The van der Waals surface area contributed by atoms with Crippen molar-refractivity contribution in [3.05, 3.63) is 0 Å². The largest absolute Gasteiger partial charge is 0.346 e. The Morgan fingerprint density at radius 1 is 1.54 bits per heavy atom. The Morgan fingerprint density at radius 3 is 2.62 bits per heavy atom. The minimum atomic E-state index is 0.266. The summed E-state index contributed by atoms with van der Waals surface area (Å²) in [5, 5.41) is 0. The van der Waals surface area contributed by atoms with Gasteiger partial charge in [-0.25, -0.2) is 0 Å². The van der Waals surface area contributed by atoms with Gasteiger partial charge in [0.25, 0.3) is 0 Å². The molecule has 1 rings (SSSR count). The molecule has 0 radical (unpaired) electrons. The average Bonchev–Trinajstić information content (AvgIpc) is 2.94. The van der Waals surface area contributed by atoms with Gasteiger partial charge in [-0.1, -0.05) is 20.3 Å². The quantitative estimate of drug-likeness (QED) is 0.640. The van der Waals surface area contributed by atoms with Crippen LogP contribution < -0.4 is 0 Å². The predicted molar refractivity (Wildman–Crippen MR) is 54.4 cm³/mol. The van der Waals surface area contributed by atoms with E-state index in [2.05, 4.69) is 13.8 Å². The molecule has 1 amide bonds. The second-order valence-corrected chi connectivity index (χ2v) is 4.24. The van der Waals surface area contributed by atoms with Crippen LogP contribution in [0.15, 0.2) is 0 Å². The monoisotopic (exact) mass is 183 g/mol. The Bertz CT molecular complexity index is 175. The van der Waals surface area contributed by atoms with Gasteiger partial charge in [-0.15, -0.1) is 0 Å². The molecular formula is C11H21NO. The molecule has 0 spiro atoms. The number of nitrogens with zero attached hydrogens (tertiary/aromatic N) is 1. The Balaban J connectivity index is 2.27. The van der Waals surface area contributed by atoms with Crippen molar-refractivity contribution in [2.24, 2.45) is 11.8 Å². The van der Waals surface area contributed by atoms with Crippen molar-refractivity contribution >= 4 is 5.91 Å². The number of carbonyl (C=O) groups excluding carboxylic acids is 1. The van der Waals surface area contributed by atoms with Gasteiger partial charge in [0.1, 0.15) is 0 Å². The summed E-state index contributed by atoms with van der Waals surface area (Å²) in [5.41, 5.74) is 0. The van der Waals surface area contributed by atoms with Gasteiger partial charge in [0.05, 0.1) is 0 Å². The maximum atomic E-state index is 11.8. The van der Waals surface area contributed by atoms with E-state index in [1.807, 2.05) is 11.9 Å². The third kappa shape index (κ3) is 3.02. The van der Waals surface area contributed by atoms with Crippen molar-refractivity contribution in [3.63, 3.8) is 0 Å². The summed E-state index contributed by atoms with van der Waals surface area (Å²) in [4.78, 5) is 13.7. The number of rotatable bonds is 5. The summed E-state index contributed by atoms with van der Waals surface area (Å²) in [6, 6.07) is 0. The van der Waals surface area contributed by atoms with E-state index in [0.29, 0.717) is 11.8 Å². The average molecular weight is 183 g/mol. The van der Waals surface area contributed by atoms with Gasteiger partial charge in [0, 0.05) is 19.5 Å². The Labute approximate surface area is 81.3 Å². The fraction of sp³-hybridized carbons (Fsp3) is 0.909. The van der Waals surface area contributed by atoms with E-state index < -0.39 is 0 Å². The van der Waals surface area contributed by atoms with Gasteiger partial charge < -0.3 is 4.90 Å². The number of hydrogen-bond acceptors (Lipinski definition) is 1. The van der Waals surface area contributed by atoms with Crippen molar-refractivity contribution in [2.45, 2.75) is 39.5 Å². The zero-order valence-electron chi connectivity index (χ0n) is 9.05. The number of hydrogen-bond donors (Lipinski definition) is 0. The van der Waals surface area contributed by atoms with Crippen LogP contribution in [0.5, 0.6) is 0 Å². The fourth-order valence-corrected chi connectivity index (χ4v) is 1.65. The molecular weight excluding hydrogens is 162 g/mol. The highest BCUT2D eigenvalue weighted by molar-refractivity contribution is 5.78. The predicted octanol–water partition coefficient (Wildman–Crippen LogP) is 2.29. The molecule has 1 saturated carbocycles. The lowest BCUT2D eigenvalue weighted by molar-refractivity contribution is -0.134. The van der Waals surface area contributed by atoms with Gasteiger partial charge in [0.2, 0.25) is 5.91 Å². The topological polar surface area (TPSA) is 20.3 Å². The standard InChI is InChI=1S/C11H21NO/c1-4-5-8-12(3)11(13)9(2)10-6-7-10/h9-10H,4-8H2,1-3H3. The Hall–Kier alpha value is -0.530. The molecule has 0 aliphatic heterocycles. The highest BCUT2D eigenvalue weighted by Gasteiger charge is 2.33. The Kier molecular flexibility index (Phi) is 3.76. The molecule has 0 saturated heterocycles. The van der Waals surface area contributed by atoms with Crippen LogP contribution in [0, 0.1) is 11.8 Å². The van der Waals surface area contributed by atoms with Gasteiger partial charge >= 0.3 is 0 Å². The third-order valence-corrected chi connectivity index (χ3v) is 2.94. The van der Waals surface area contributed by atoms with E-state index in [4.69, 9.17) is 0 Å². The summed E-state index contributed by atoms with van der Waals surface area (Å²) < 4.78 is 0. The molecule has 0 N–H and O–H groups in total. The van der Waals surface area contributed by atoms with Crippen LogP contribution >= 0.6 is 0 Å². The van der Waals surface area contributed by atoms with Crippen LogP contribution in [0.3, 0.4) is 0 Å². The SMILES string of the molecule is CCCCN(C)C(=O)C(C)C1CC1. The molecule has 1 aliphatic rings. The lowest BCUT2D eigenvalue weighted by atomic mass is 10.1. The zero-order valence-corrected chi connectivity index (χ0v) is 9.05. The molecule has 0 bridgehead atoms. The van der Waals surface area contributed by atoms with Crippen molar-refractivity contribution in [2.75, 3.05) is 13.6 Å². The van der Waals surface area contributed by atoms with Crippen LogP contribution in [-0.2, 0) is 4.79 Å². The molecule has 1 fully saturated rings.